The zero-order chi connectivity index (χ0) is 16.1. The quantitative estimate of drug-likeness (QED) is 0.457. The summed E-state index contributed by atoms with van der Waals surface area (Å²) in [6.45, 7) is 1.53. The minimum Gasteiger partial charge on any atom is -1.00 e. The van der Waals surface area contributed by atoms with E-state index in [1.807, 2.05) is 43.4 Å². The highest BCUT2D eigenvalue weighted by molar-refractivity contribution is 7.99. The summed E-state index contributed by atoms with van der Waals surface area (Å²) in [6, 6.07) is 11.6. The first-order valence-corrected chi connectivity index (χ1v) is 8.49. The van der Waals surface area contributed by atoms with Crippen LogP contribution in [0.2, 0.25) is 5.02 Å². The normalized spacial score (nSPS) is 10.6. The summed E-state index contributed by atoms with van der Waals surface area (Å²) in [5.74, 6) is 2.64. The predicted molar refractivity (Wildman–Crippen MR) is 90.4 cm³/mol. The van der Waals surface area contributed by atoms with Gasteiger partial charge in [-0.05, 0) is 46.8 Å². The lowest BCUT2D eigenvalue weighted by Gasteiger charge is -2.02. The number of thioether (sulfide) groups is 1. The summed E-state index contributed by atoms with van der Waals surface area (Å²) in [6.07, 6.45) is 0. The van der Waals surface area contributed by atoms with E-state index in [-0.39, 0.29) is 12.4 Å². The van der Waals surface area contributed by atoms with Crippen LogP contribution < -0.4 is 17.7 Å². The molecule has 2 heterocycles. The Morgan fingerprint density at radius 1 is 1.21 bits per heavy atom. The molecule has 0 amide bonds. The van der Waals surface area contributed by atoms with Crippen LogP contribution in [0.25, 0.3) is 11.3 Å². The number of hydrogen-bond donors (Lipinski definition) is 1. The van der Waals surface area contributed by atoms with Gasteiger partial charge in [0.25, 0.3) is 0 Å². The molecule has 0 radical (unpaired) electrons. The minimum absolute atomic E-state index is 0. The van der Waals surface area contributed by atoms with Crippen molar-refractivity contribution < 1.29 is 16.8 Å². The predicted octanol–water partition coefficient (Wildman–Crippen LogP) is 0.00940. The Bertz CT molecular complexity index is 759. The van der Waals surface area contributed by atoms with Gasteiger partial charge in [0.1, 0.15) is 11.5 Å². The molecular formula is C15H16Cl2N5OS-. The van der Waals surface area contributed by atoms with E-state index in [1.54, 1.807) is 16.4 Å². The molecule has 6 nitrogen and oxygen atoms in total. The van der Waals surface area contributed by atoms with E-state index in [2.05, 4.69) is 20.8 Å². The lowest BCUT2D eigenvalue weighted by atomic mass is 10.2. The molecule has 3 rings (SSSR count). The summed E-state index contributed by atoms with van der Waals surface area (Å²) in [7, 11) is 1.83. The zero-order valence-corrected chi connectivity index (χ0v) is 15.3. The van der Waals surface area contributed by atoms with Crippen LogP contribution >= 0.6 is 23.4 Å². The van der Waals surface area contributed by atoms with Gasteiger partial charge in [-0.3, -0.25) is 0 Å². The molecule has 3 aromatic rings. The largest absolute Gasteiger partial charge is 1.00 e. The Morgan fingerprint density at radius 3 is 2.71 bits per heavy atom. The molecule has 0 unspecified atom stereocenters. The molecule has 0 spiro atoms. The van der Waals surface area contributed by atoms with Crippen molar-refractivity contribution in [1.29, 1.82) is 0 Å². The van der Waals surface area contributed by atoms with Gasteiger partial charge in [-0.15, -0.1) is 5.10 Å². The SMILES string of the molecule is Cn1nnnc1SCCNCc1ccc(-c2ccc(Cl)cc2)o1.[Cl-]. The Balaban J connectivity index is 0.00000208. The standard InChI is InChI=1S/C15H16ClN5OS.ClH/c1-21-15(18-19-20-21)23-9-8-17-10-13-6-7-14(22-13)11-2-4-12(16)5-3-11;/h2-7,17H,8-10H2,1H3;1H/p-1. The average molecular weight is 385 g/mol. The van der Waals surface area contributed by atoms with Crippen LogP contribution in [0.15, 0.2) is 46.0 Å². The number of furan rings is 1. The highest BCUT2D eigenvalue weighted by atomic mass is 35.5. The second-order valence-electron chi connectivity index (χ2n) is 4.88. The van der Waals surface area contributed by atoms with Crippen molar-refractivity contribution in [3.05, 3.63) is 47.2 Å². The summed E-state index contributed by atoms with van der Waals surface area (Å²) in [5.41, 5.74) is 1.02. The number of rotatable bonds is 7. The van der Waals surface area contributed by atoms with Gasteiger partial charge in [0, 0.05) is 29.9 Å². The number of hydrogen-bond acceptors (Lipinski definition) is 6. The number of nitrogens with one attached hydrogen (secondary N) is 1. The van der Waals surface area contributed by atoms with Gasteiger partial charge in [0.2, 0.25) is 5.16 Å². The second-order valence-corrected chi connectivity index (χ2v) is 6.38. The van der Waals surface area contributed by atoms with E-state index in [4.69, 9.17) is 16.0 Å². The van der Waals surface area contributed by atoms with Crippen molar-refractivity contribution in [2.24, 2.45) is 7.05 Å². The van der Waals surface area contributed by atoms with Crippen molar-refractivity contribution in [3.8, 4) is 11.3 Å². The van der Waals surface area contributed by atoms with E-state index in [1.165, 1.54) is 0 Å². The lowest BCUT2D eigenvalue weighted by Crippen LogP contribution is -3.00. The molecule has 0 atom stereocenters. The summed E-state index contributed by atoms with van der Waals surface area (Å²) >= 11 is 7.51. The third kappa shape index (κ3) is 4.98. The smallest absolute Gasteiger partial charge is 0.209 e. The van der Waals surface area contributed by atoms with Gasteiger partial charge in [-0.1, -0.05) is 23.4 Å². The Kier molecular flexibility index (Phi) is 7.11. The molecule has 24 heavy (non-hydrogen) atoms. The molecule has 0 bridgehead atoms. The van der Waals surface area contributed by atoms with Crippen LogP contribution in [-0.2, 0) is 13.6 Å². The molecule has 1 N–H and O–H groups in total. The van der Waals surface area contributed by atoms with Gasteiger partial charge in [-0.25, -0.2) is 4.68 Å². The van der Waals surface area contributed by atoms with Crippen molar-refractivity contribution in [1.82, 2.24) is 25.5 Å². The van der Waals surface area contributed by atoms with Crippen molar-refractivity contribution in [2.45, 2.75) is 11.7 Å². The van der Waals surface area contributed by atoms with Gasteiger partial charge in [0.15, 0.2) is 0 Å². The number of halogens is 2. The van der Waals surface area contributed by atoms with E-state index < -0.39 is 0 Å². The van der Waals surface area contributed by atoms with Crippen LogP contribution in [0, 0.1) is 0 Å². The maximum absolute atomic E-state index is 5.89. The van der Waals surface area contributed by atoms with Crippen LogP contribution in [-0.4, -0.2) is 32.5 Å². The van der Waals surface area contributed by atoms with E-state index >= 15 is 0 Å². The maximum atomic E-state index is 5.89. The molecule has 9 heteroatoms. The van der Waals surface area contributed by atoms with Gasteiger partial charge in [0.05, 0.1) is 6.54 Å². The first-order chi connectivity index (χ1) is 11.2. The average Bonchev–Trinajstić information content (AvgIpc) is 3.17. The van der Waals surface area contributed by atoms with Crippen molar-refractivity contribution >= 4 is 23.4 Å². The summed E-state index contributed by atoms with van der Waals surface area (Å²) in [4.78, 5) is 0. The van der Waals surface area contributed by atoms with E-state index in [9.17, 15) is 0 Å². The van der Waals surface area contributed by atoms with Gasteiger partial charge < -0.3 is 22.1 Å². The first kappa shape index (κ1) is 18.8. The number of benzene rings is 1. The Hall–Kier alpha value is -1.54. The number of aryl methyl sites for hydroxylation is 1. The third-order valence-electron chi connectivity index (χ3n) is 3.18. The molecule has 1 aromatic carbocycles. The fourth-order valence-corrected chi connectivity index (χ4v) is 2.88. The Morgan fingerprint density at radius 2 is 2.00 bits per heavy atom. The third-order valence-corrected chi connectivity index (χ3v) is 4.45. The number of nitrogens with zero attached hydrogens (tertiary/aromatic N) is 4. The van der Waals surface area contributed by atoms with Crippen LogP contribution in [0.1, 0.15) is 5.76 Å². The van der Waals surface area contributed by atoms with Gasteiger partial charge in [-0.2, -0.15) is 0 Å². The number of aromatic nitrogens is 4. The summed E-state index contributed by atoms with van der Waals surface area (Å²) < 4.78 is 7.49. The molecule has 0 saturated heterocycles. The minimum atomic E-state index is 0. The fraction of sp³-hybridized carbons (Fsp3) is 0.267. The molecule has 0 aliphatic heterocycles. The van der Waals surface area contributed by atoms with Crippen molar-refractivity contribution in [2.75, 3.05) is 12.3 Å². The zero-order valence-electron chi connectivity index (χ0n) is 12.9. The maximum Gasteiger partial charge on any atom is 0.209 e. The Labute approximate surface area is 155 Å². The molecule has 0 fully saturated rings. The van der Waals surface area contributed by atoms with Crippen molar-refractivity contribution in [3.63, 3.8) is 0 Å². The second kappa shape index (κ2) is 9.08. The first-order valence-electron chi connectivity index (χ1n) is 7.13. The fourth-order valence-electron chi connectivity index (χ4n) is 2.01. The monoisotopic (exact) mass is 384 g/mol. The molecule has 0 saturated carbocycles. The molecule has 0 aliphatic carbocycles. The van der Waals surface area contributed by atoms with E-state index in [0.717, 1.165) is 39.6 Å². The summed E-state index contributed by atoms with van der Waals surface area (Å²) in [5, 5.41) is 16.2. The molecule has 128 valence electrons. The van der Waals surface area contributed by atoms with Gasteiger partial charge >= 0.3 is 0 Å². The topological polar surface area (TPSA) is 68.8 Å². The van der Waals surface area contributed by atoms with Crippen LogP contribution in [0.5, 0.6) is 0 Å². The van der Waals surface area contributed by atoms with Crippen LogP contribution in [0.4, 0.5) is 0 Å². The molecule has 0 aliphatic rings. The molecule has 2 aromatic heterocycles. The van der Waals surface area contributed by atoms with Crippen LogP contribution in [0.3, 0.4) is 0 Å². The van der Waals surface area contributed by atoms with E-state index in [0.29, 0.717) is 6.54 Å². The highest BCUT2D eigenvalue weighted by Gasteiger charge is 2.05. The molecular weight excluding hydrogens is 369 g/mol. The lowest BCUT2D eigenvalue weighted by molar-refractivity contribution is -0.00000533. The highest BCUT2D eigenvalue weighted by Crippen LogP contribution is 2.23. The number of tetrazole rings is 1.